The molecule has 8 heteroatoms. The summed E-state index contributed by atoms with van der Waals surface area (Å²) in [5, 5.41) is 2.84. The van der Waals surface area contributed by atoms with Crippen LogP contribution < -0.4 is 16.8 Å². The van der Waals surface area contributed by atoms with Crippen LogP contribution in [-0.4, -0.2) is 36.3 Å². The van der Waals surface area contributed by atoms with E-state index in [4.69, 9.17) is 16.2 Å². The number of nitrogens with two attached hydrogens (primary N) is 2. The Balaban J connectivity index is 0.00000242. The second-order valence-corrected chi connectivity index (χ2v) is 5.82. The average molecular weight is 346 g/mol. The number of rotatable bonds is 6. The molecule has 2 atom stereocenters. The lowest BCUT2D eigenvalue weighted by atomic mass is 10.2. The van der Waals surface area contributed by atoms with Gasteiger partial charge in [0, 0.05) is 11.4 Å². The summed E-state index contributed by atoms with van der Waals surface area (Å²) in [5.74, 6) is -0.411. The number of thioether (sulfide) groups is 1. The molecule has 1 aliphatic rings. The van der Waals surface area contributed by atoms with Gasteiger partial charge in [-0.2, -0.15) is 0 Å². The maximum atomic E-state index is 12.2. The normalized spacial score (nSPS) is 20.2. The second-order valence-electron chi connectivity index (χ2n) is 4.80. The Morgan fingerprint density at radius 1 is 1.32 bits per heavy atom. The van der Waals surface area contributed by atoms with Crippen LogP contribution in [0.4, 0.5) is 5.69 Å². The third-order valence-electron chi connectivity index (χ3n) is 3.18. The predicted molar refractivity (Wildman–Crippen MR) is 89.2 cm³/mol. The number of carbonyl (C=O) groups is 2. The van der Waals surface area contributed by atoms with Gasteiger partial charge in [0.25, 0.3) is 5.91 Å². The Morgan fingerprint density at radius 3 is 2.68 bits per heavy atom. The topological polar surface area (TPSA) is 107 Å². The molecular formula is C14H20ClN3O3S. The molecule has 2 rings (SSSR count). The van der Waals surface area contributed by atoms with Gasteiger partial charge >= 0.3 is 0 Å². The minimum absolute atomic E-state index is 0. The fourth-order valence-electron chi connectivity index (χ4n) is 2.13. The smallest absolute Gasteiger partial charge is 0.253 e. The van der Waals surface area contributed by atoms with E-state index >= 15 is 0 Å². The molecule has 2 amide bonds. The van der Waals surface area contributed by atoms with Crippen LogP contribution in [0.2, 0.25) is 0 Å². The van der Waals surface area contributed by atoms with Gasteiger partial charge in [-0.25, -0.2) is 0 Å². The van der Waals surface area contributed by atoms with Crippen LogP contribution in [0.5, 0.6) is 0 Å². The van der Waals surface area contributed by atoms with E-state index in [9.17, 15) is 9.59 Å². The quantitative estimate of drug-likeness (QED) is 0.670. The van der Waals surface area contributed by atoms with E-state index < -0.39 is 12.0 Å². The molecule has 6 nitrogen and oxygen atoms in total. The van der Waals surface area contributed by atoms with E-state index in [0.717, 1.165) is 11.3 Å². The number of nitrogens with one attached hydrogen (secondary N) is 1. The molecule has 1 aliphatic heterocycles. The molecular weight excluding hydrogens is 326 g/mol. The van der Waals surface area contributed by atoms with Gasteiger partial charge in [0.05, 0.1) is 17.5 Å². The Kier molecular flexibility index (Phi) is 7.67. The van der Waals surface area contributed by atoms with Crippen LogP contribution >= 0.6 is 24.2 Å². The van der Waals surface area contributed by atoms with Crippen molar-refractivity contribution < 1.29 is 14.3 Å². The van der Waals surface area contributed by atoms with Gasteiger partial charge in [-0.15, -0.1) is 24.2 Å². The van der Waals surface area contributed by atoms with E-state index in [-0.39, 0.29) is 30.2 Å². The van der Waals surface area contributed by atoms with Crippen LogP contribution in [0.1, 0.15) is 12.8 Å². The molecule has 1 aromatic rings. The zero-order chi connectivity index (χ0) is 15.2. The van der Waals surface area contributed by atoms with E-state index in [2.05, 4.69) is 5.32 Å². The van der Waals surface area contributed by atoms with Gasteiger partial charge in [0.1, 0.15) is 6.10 Å². The molecule has 1 aromatic carbocycles. The molecule has 0 aliphatic carbocycles. The number of para-hydroxylation sites is 1. The fraction of sp³-hybridized carbons (Fsp3) is 0.429. The van der Waals surface area contributed by atoms with Gasteiger partial charge < -0.3 is 21.5 Å². The zero-order valence-electron chi connectivity index (χ0n) is 12.0. The Labute approximate surface area is 139 Å². The molecule has 22 heavy (non-hydrogen) atoms. The van der Waals surface area contributed by atoms with Gasteiger partial charge in [0.15, 0.2) is 0 Å². The summed E-state index contributed by atoms with van der Waals surface area (Å²) in [6.45, 7) is 0.425. The maximum Gasteiger partial charge on any atom is 0.253 e. The molecule has 0 bridgehead atoms. The summed E-state index contributed by atoms with van der Waals surface area (Å²) in [6.07, 6.45) is 0.963. The largest absolute Gasteiger partial charge is 0.369 e. The van der Waals surface area contributed by atoms with Gasteiger partial charge in [-0.1, -0.05) is 12.1 Å². The fourth-order valence-corrected chi connectivity index (χ4v) is 2.88. The number of ether oxygens (including phenoxy) is 1. The van der Waals surface area contributed by atoms with Crippen molar-refractivity contribution in [1.82, 2.24) is 0 Å². The van der Waals surface area contributed by atoms with Gasteiger partial charge in [-0.05, 0) is 25.0 Å². The highest BCUT2D eigenvalue weighted by Gasteiger charge is 2.30. The number of primary amides is 1. The highest BCUT2D eigenvalue weighted by molar-refractivity contribution is 8.00. The molecule has 0 unspecified atom stereocenters. The van der Waals surface area contributed by atoms with E-state index in [1.807, 2.05) is 18.2 Å². The Bertz CT molecular complexity index is 530. The summed E-state index contributed by atoms with van der Waals surface area (Å²) in [4.78, 5) is 23.9. The van der Waals surface area contributed by atoms with Crippen LogP contribution in [0.3, 0.4) is 0 Å². The van der Waals surface area contributed by atoms with E-state index in [1.165, 1.54) is 11.8 Å². The van der Waals surface area contributed by atoms with Crippen molar-refractivity contribution in [2.75, 3.05) is 17.6 Å². The van der Waals surface area contributed by atoms with Gasteiger partial charge in [0.2, 0.25) is 5.91 Å². The summed E-state index contributed by atoms with van der Waals surface area (Å²) in [7, 11) is 0. The minimum atomic E-state index is -0.465. The first-order valence-electron chi connectivity index (χ1n) is 6.76. The first kappa shape index (κ1) is 18.8. The number of hydrogen-bond acceptors (Lipinski definition) is 5. The number of amides is 2. The minimum Gasteiger partial charge on any atom is -0.369 e. The molecule has 1 fully saturated rings. The lowest BCUT2D eigenvalue weighted by molar-refractivity contribution is -0.126. The highest BCUT2D eigenvalue weighted by Crippen LogP contribution is 2.28. The zero-order valence-corrected chi connectivity index (χ0v) is 13.6. The number of anilines is 1. The molecule has 0 saturated carbocycles. The van der Waals surface area contributed by atoms with Crippen LogP contribution in [0.25, 0.3) is 0 Å². The van der Waals surface area contributed by atoms with Crippen molar-refractivity contribution in [3.05, 3.63) is 24.3 Å². The SMILES string of the molecule is Cl.NC[C@H]1CC[C@@H](C(=O)Nc2ccccc2SCC(N)=O)O1. The monoisotopic (exact) mass is 345 g/mol. The number of carbonyl (C=O) groups excluding carboxylic acids is 2. The highest BCUT2D eigenvalue weighted by atomic mass is 35.5. The van der Waals surface area contributed by atoms with Crippen molar-refractivity contribution in [3.63, 3.8) is 0 Å². The molecule has 0 spiro atoms. The van der Waals surface area contributed by atoms with Crippen molar-refractivity contribution in [2.24, 2.45) is 11.5 Å². The molecule has 5 N–H and O–H groups in total. The van der Waals surface area contributed by atoms with Crippen molar-refractivity contribution in [3.8, 4) is 0 Å². The summed E-state index contributed by atoms with van der Waals surface area (Å²) >= 11 is 1.29. The van der Waals surface area contributed by atoms with Crippen molar-refractivity contribution in [1.29, 1.82) is 0 Å². The van der Waals surface area contributed by atoms with E-state index in [1.54, 1.807) is 6.07 Å². The summed E-state index contributed by atoms with van der Waals surface area (Å²) < 4.78 is 5.56. The molecule has 1 heterocycles. The van der Waals surface area contributed by atoms with E-state index in [0.29, 0.717) is 18.7 Å². The molecule has 122 valence electrons. The maximum absolute atomic E-state index is 12.2. The third-order valence-corrected chi connectivity index (χ3v) is 4.27. The van der Waals surface area contributed by atoms with Crippen LogP contribution in [0, 0.1) is 0 Å². The van der Waals surface area contributed by atoms with Crippen LogP contribution in [-0.2, 0) is 14.3 Å². The molecule has 0 radical (unpaired) electrons. The lowest BCUT2D eigenvalue weighted by Gasteiger charge is -2.14. The average Bonchev–Trinajstić information content (AvgIpc) is 2.95. The van der Waals surface area contributed by atoms with Crippen LogP contribution in [0.15, 0.2) is 29.2 Å². The first-order chi connectivity index (χ1) is 10.1. The first-order valence-corrected chi connectivity index (χ1v) is 7.75. The number of benzene rings is 1. The van der Waals surface area contributed by atoms with Crippen molar-refractivity contribution in [2.45, 2.75) is 29.9 Å². The Hall–Kier alpha value is -1.28. The predicted octanol–water partition coefficient (Wildman–Crippen LogP) is 1.13. The van der Waals surface area contributed by atoms with Crippen molar-refractivity contribution >= 4 is 41.7 Å². The summed E-state index contributed by atoms with van der Waals surface area (Å²) in [5.41, 5.74) is 11.3. The standard InChI is InChI=1S/C14H19N3O3S.ClH/c15-7-9-5-6-11(20-9)14(19)17-10-3-1-2-4-12(10)21-8-13(16)18;/h1-4,9,11H,5-8,15H2,(H2,16,18)(H,17,19);1H/t9-,11+;/m1./s1. The third kappa shape index (κ3) is 5.17. The Morgan fingerprint density at radius 2 is 2.05 bits per heavy atom. The van der Waals surface area contributed by atoms with Gasteiger partial charge in [-0.3, -0.25) is 9.59 Å². The molecule has 1 saturated heterocycles. The lowest BCUT2D eigenvalue weighted by Crippen LogP contribution is -2.30. The second kappa shape index (κ2) is 8.99. The molecule has 0 aromatic heterocycles. The summed E-state index contributed by atoms with van der Waals surface area (Å²) in [6, 6.07) is 7.29. The number of hydrogen-bond donors (Lipinski definition) is 3. The number of halogens is 1.